The summed E-state index contributed by atoms with van der Waals surface area (Å²) in [7, 11) is 0. The number of hydrogen-bond acceptors (Lipinski definition) is 4. The molecular weight excluding hydrogens is 493 g/mol. The number of nitrogens with zero attached hydrogens (tertiary/aromatic N) is 2. The molecule has 1 aliphatic rings. The summed E-state index contributed by atoms with van der Waals surface area (Å²) in [6.07, 6.45) is 3.62. The number of amides is 1. The van der Waals surface area contributed by atoms with Crippen molar-refractivity contribution in [3.8, 4) is 5.75 Å². The van der Waals surface area contributed by atoms with E-state index in [1.54, 1.807) is 6.07 Å². The molecule has 0 spiro atoms. The van der Waals surface area contributed by atoms with Crippen LogP contribution in [-0.4, -0.2) is 31.8 Å². The molecule has 0 saturated carbocycles. The minimum Gasteiger partial charge on any atom is -0.483 e. The topological polar surface area (TPSA) is 53.9 Å². The number of carbonyl (C=O) groups is 1. The van der Waals surface area contributed by atoms with Crippen molar-refractivity contribution in [1.29, 1.82) is 0 Å². The maximum Gasteiger partial charge on any atom is 0.277 e. The lowest BCUT2D eigenvalue weighted by atomic mass is 10.1. The van der Waals surface area contributed by atoms with E-state index in [0.717, 1.165) is 40.4 Å². The van der Waals surface area contributed by atoms with Crippen molar-refractivity contribution in [2.75, 3.05) is 24.6 Å². The molecule has 1 N–H and O–H groups in total. The van der Waals surface area contributed by atoms with E-state index in [1.807, 2.05) is 25.1 Å². The molecule has 2 aromatic rings. The van der Waals surface area contributed by atoms with Gasteiger partial charge in [-0.3, -0.25) is 4.79 Å². The Balaban J connectivity index is 1.56. The van der Waals surface area contributed by atoms with Gasteiger partial charge < -0.3 is 9.64 Å². The Labute approximate surface area is 180 Å². The highest BCUT2D eigenvalue weighted by Gasteiger charge is 2.17. The summed E-state index contributed by atoms with van der Waals surface area (Å²) < 4.78 is 21.5. The van der Waals surface area contributed by atoms with E-state index in [0.29, 0.717) is 17.0 Å². The molecule has 3 rings (SSSR count). The third-order valence-electron chi connectivity index (χ3n) is 4.43. The van der Waals surface area contributed by atoms with E-state index in [2.05, 4.69) is 47.3 Å². The number of hydrogen-bond donors (Lipinski definition) is 1. The molecule has 148 valence electrons. The van der Waals surface area contributed by atoms with Gasteiger partial charge in [-0.25, -0.2) is 9.82 Å². The summed E-state index contributed by atoms with van der Waals surface area (Å²) in [5, 5.41) is 3.92. The molecule has 0 bridgehead atoms. The highest BCUT2D eigenvalue weighted by atomic mass is 79.9. The second kappa shape index (κ2) is 9.52. The molecule has 8 heteroatoms. The molecule has 0 atom stereocenters. The number of rotatable bonds is 6. The molecule has 0 unspecified atom stereocenters. The van der Waals surface area contributed by atoms with Crippen LogP contribution in [0.25, 0.3) is 0 Å². The minimum atomic E-state index is -0.405. The van der Waals surface area contributed by atoms with Crippen LogP contribution >= 0.6 is 31.9 Å². The largest absolute Gasteiger partial charge is 0.483 e. The molecule has 0 radical (unpaired) electrons. The van der Waals surface area contributed by atoms with Crippen LogP contribution in [0.2, 0.25) is 0 Å². The van der Waals surface area contributed by atoms with Crippen molar-refractivity contribution in [2.24, 2.45) is 5.10 Å². The lowest BCUT2D eigenvalue weighted by molar-refractivity contribution is -0.123. The Morgan fingerprint density at radius 2 is 2.04 bits per heavy atom. The second-order valence-electron chi connectivity index (χ2n) is 6.51. The normalized spacial score (nSPS) is 13.9. The zero-order valence-electron chi connectivity index (χ0n) is 15.3. The summed E-state index contributed by atoms with van der Waals surface area (Å²) >= 11 is 6.72. The molecule has 28 heavy (non-hydrogen) atoms. The molecule has 1 heterocycles. The Morgan fingerprint density at radius 1 is 1.29 bits per heavy atom. The fourth-order valence-electron chi connectivity index (χ4n) is 2.96. The molecule has 1 saturated heterocycles. The molecule has 1 aliphatic heterocycles. The molecule has 0 aromatic heterocycles. The van der Waals surface area contributed by atoms with E-state index in [9.17, 15) is 9.18 Å². The highest BCUT2D eigenvalue weighted by molar-refractivity contribution is 9.11. The number of carbonyl (C=O) groups excluding carboxylic acids is 1. The molecule has 5 nitrogen and oxygen atoms in total. The van der Waals surface area contributed by atoms with Crippen LogP contribution in [0.3, 0.4) is 0 Å². The fraction of sp³-hybridized carbons (Fsp3) is 0.300. The first-order valence-corrected chi connectivity index (χ1v) is 10.5. The van der Waals surface area contributed by atoms with Crippen LogP contribution in [0.4, 0.5) is 10.1 Å². The van der Waals surface area contributed by atoms with Crippen LogP contribution < -0.4 is 15.1 Å². The number of halogens is 3. The van der Waals surface area contributed by atoms with Crippen LogP contribution in [0.5, 0.6) is 5.75 Å². The van der Waals surface area contributed by atoms with Crippen molar-refractivity contribution < 1.29 is 13.9 Å². The van der Waals surface area contributed by atoms with Gasteiger partial charge in [0.05, 0.1) is 16.4 Å². The van der Waals surface area contributed by atoms with E-state index in [4.69, 9.17) is 4.74 Å². The quantitative estimate of drug-likeness (QED) is 0.447. The van der Waals surface area contributed by atoms with Crippen LogP contribution in [0, 0.1) is 12.7 Å². The van der Waals surface area contributed by atoms with Gasteiger partial charge in [-0.1, -0.05) is 15.9 Å². The number of ether oxygens (including phenoxy) is 1. The Kier molecular flexibility index (Phi) is 7.07. The molecule has 1 fully saturated rings. The summed E-state index contributed by atoms with van der Waals surface area (Å²) in [6.45, 7) is 3.48. The third-order valence-corrected chi connectivity index (χ3v) is 5.54. The predicted molar refractivity (Wildman–Crippen MR) is 116 cm³/mol. The first kappa shape index (κ1) is 20.8. The number of benzene rings is 2. The summed E-state index contributed by atoms with van der Waals surface area (Å²) in [5.41, 5.74) is 4.55. The average Bonchev–Trinajstić information content (AvgIpc) is 3.18. The van der Waals surface area contributed by atoms with Gasteiger partial charge in [0.15, 0.2) is 6.61 Å². The van der Waals surface area contributed by atoms with Gasteiger partial charge in [0.2, 0.25) is 0 Å². The van der Waals surface area contributed by atoms with Gasteiger partial charge in [-0.05, 0) is 71.6 Å². The lowest BCUT2D eigenvalue weighted by Crippen LogP contribution is -2.24. The van der Waals surface area contributed by atoms with Gasteiger partial charge in [-0.2, -0.15) is 5.10 Å². The second-order valence-corrected chi connectivity index (χ2v) is 8.28. The number of hydrazone groups is 1. The van der Waals surface area contributed by atoms with E-state index in [-0.39, 0.29) is 12.4 Å². The van der Waals surface area contributed by atoms with Gasteiger partial charge in [-0.15, -0.1) is 0 Å². The first-order chi connectivity index (χ1) is 13.4. The number of aryl methyl sites for hydroxylation is 1. The van der Waals surface area contributed by atoms with Crippen molar-refractivity contribution >= 4 is 49.7 Å². The Hall–Kier alpha value is -1.93. The summed E-state index contributed by atoms with van der Waals surface area (Å²) in [5.74, 6) is -0.126. The average molecular weight is 513 g/mol. The summed E-state index contributed by atoms with van der Waals surface area (Å²) in [6, 6.07) is 8.68. The van der Waals surface area contributed by atoms with Crippen LogP contribution in [0.15, 0.2) is 44.4 Å². The van der Waals surface area contributed by atoms with Crippen molar-refractivity contribution in [2.45, 2.75) is 19.8 Å². The third kappa shape index (κ3) is 5.32. The van der Waals surface area contributed by atoms with Gasteiger partial charge in [0.1, 0.15) is 11.6 Å². The van der Waals surface area contributed by atoms with Gasteiger partial charge >= 0.3 is 0 Å². The monoisotopic (exact) mass is 511 g/mol. The first-order valence-electron chi connectivity index (χ1n) is 8.89. The van der Waals surface area contributed by atoms with Crippen molar-refractivity contribution in [3.05, 3.63) is 56.2 Å². The lowest BCUT2D eigenvalue weighted by Gasteiger charge is -2.19. The summed E-state index contributed by atoms with van der Waals surface area (Å²) in [4.78, 5) is 14.0. The van der Waals surface area contributed by atoms with Crippen LogP contribution in [0.1, 0.15) is 24.0 Å². The van der Waals surface area contributed by atoms with Gasteiger partial charge in [0, 0.05) is 23.1 Å². The number of nitrogens with one attached hydrogen (secondary N) is 1. The standard InChI is InChI=1S/C20H20Br2FN3O2/c1-13-8-18(26-6-2-3-7-26)17(23)9-14(13)11-24-25-20(27)12-28-19-5-4-15(21)10-16(19)22/h4-5,8-11H,2-3,6-7,12H2,1H3,(H,25,27)/b24-11+. The van der Waals surface area contributed by atoms with Gasteiger partial charge in [0.25, 0.3) is 5.91 Å². The SMILES string of the molecule is Cc1cc(N2CCCC2)c(F)cc1/C=N/NC(=O)COc1ccc(Br)cc1Br. The van der Waals surface area contributed by atoms with Crippen LogP contribution in [-0.2, 0) is 4.79 Å². The molecule has 2 aromatic carbocycles. The van der Waals surface area contributed by atoms with Crippen molar-refractivity contribution in [1.82, 2.24) is 5.43 Å². The maximum absolute atomic E-state index is 14.4. The Morgan fingerprint density at radius 3 is 2.75 bits per heavy atom. The molecular formula is C20H20Br2FN3O2. The zero-order chi connectivity index (χ0) is 20.1. The molecule has 1 amide bonds. The van der Waals surface area contributed by atoms with E-state index in [1.165, 1.54) is 12.3 Å². The predicted octanol–water partition coefficient (Wildman–Crippen LogP) is 4.79. The van der Waals surface area contributed by atoms with Crippen molar-refractivity contribution in [3.63, 3.8) is 0 Å². The fourth-order valence-corrected chi connectivity index (χ4v) is 4.12. The van der Waals surface area contributed by atoms with E-state index < -0.39 is 5.91 Å². The maximum atomic E-state index is 14.4. The molecule has 0 aliphatic carbocycles. The smallest absolute Gasteiger partial charge is 0.277 e. The highest BCUT2D eigenvalue weighted by Crippen LogP contribution is 2.28. The Bertz CT molecular complexity index is 899. The van der Waals surface area contributed by atoms with E-state index >= 15 is 0 Å². The number of anilines is 1. The minimum absolute atomic E-state index is 0.182. The zero-order valence-corrected chi connectivity index (χ0v) is 18.5.